The molecule has 162 valence electrons. The Balaban J connectivity index is 1.62. The van der Waals surface area contributed by atoms with Crippen molar-refractivity contribution in [1.82, 2.24) is 15.0 Å². The molecule has 34 heavy (non-hydrogen) atoms. The second kappa shape index (κ2) is 6.84. The molecular formula is C30H21N3O. The second-order valence-corrected chi connectivity index (χ2v) is 9.01. The quantitative estimate of drug-likeness (QED) is 0.245. The highest BCUT2D eigenvalue weighted by molar-refractivity contribution is 6.20. The van der Waals surface area contributed by atoms with E-state index in [2.05, 4.69) is 78.6 Å². The minimum Gasteiger partial charge on any atom is -0.437 e. The number of rotatable bonds is 1. The molecule has 0 N–H and O–H groups in total. The van der Waals surface area contributed by atoms with Gasteiger partial charge < -0.3 is 4.42 Å². The number of pyridine rings is 1. The lowest BCUT2D eigenvalue weighted by Gasteiger charge is -2.13. The maximum atomic E-state index is 6.30. The summed E-state index contributed by atoms with van der Waals surface area (Å²) in [5, 5.41) is 7.97. The summed E-state index contributed by atoms with van der Waals surface area (Å²) >= 11 is 0. The van der Waals surface area contributed by atoms with Gasteiger partial charge in [0.05, 0.1) is 11.2 Å². The molecule has 0 saturated heterocycles. The normalized spacial score (nSPS) is 12.0. The van der Waals surface area contributed by atoms with Gasteiger partial charge in [-0.25, -0.2) is 15.0 Å². The Bertz CT molecular complexity index is 1950. The minimum absolute atomic E-state index is 0.658. The summed E-state index contributed by atoms with van der Waals surface area (Å²) in [6, 6.07) is 25.5. The van der Waals surface area contributed by atoms with Crippen molar-refractivity contribution < 1.29 is 4.42 Å². The lowest BCUT2D eigenvalue weighted by Crippen LogP contribution is -1.96. The van der Waals surface area contributed by atoms with Crippen molar-refractivity contribution in [2.45, 2.75) is 20.8 Å². The molecule has 4 heteroatoms. The van der Waals surface area contributed by atoms with Gasteiger partial charge in [-0.05, 0) is 66.8 Å². The highest BCUT2D eigenvalue weighted by atomic mass is 16.3. The molecule has 7 rings (SSSR count). The van der Waals surface area contributed by atoms with E-state index in [-0.39, 0.29) is 0 Å². The van der Waals surface area contributed by atoms with Crippen molar-refractivity contribution in [3.05, 3.63) is 89.9 Å². The molecule has 0 aliphatic carbocycles. The molecule has 0 amide bonds. The fourth-order valence-corrected chi connectivity index (χ4v) is 5.27. The van der Waals surface area contributed by atoms with Gasteiger partial charge in [-0.3, -0.25) is 0 Å². The summed E-state index contributed by atoms with van der Waals surface area (Å²) in [5.41, 5.74) is 6.44. The first kappa shape index (κ1) is 19.2. The maximum Gasteiger partial charge on any atom is 0.227 e. The van der Waals surface area contributed by atoms with E-state index in [1.807, 2.05) is 19.9 Å². The smallest absolute Gasteiger partial charge is 0.227 e. The summed E-state index contributed by atoms with van der Waals surface area (Å²) in [7, 11) is 0. The number of aromatic nitrogens is 3. The van der Waals surface area contributed by atoms with Gasteiger partial charge in [-0.1, -0.05) is 48.5 Å². The summed E-state index contributed by atoms with van der Waals surface area (Å²) in [6.07, 6.45) is 0. The van der Waals surface area contributed by atoms with Crippen molar-refractivity contribution in [2.75, 3.05) is 0 Å². The molecular weight excluding hydrogens is 418 g/mol. The van der Waals surface area contributed by atoms with Gasteiger partial charge in [0.25, 0.3) is 0 Å². The fraction of sp³-hybridized carbons (Fsp3) is 0.100. The van der Waals surface area contributed by atoms with E-state index in [1.54, 1.807) is 0 Å². The SMILES string of the molecule is Cc1ccc2c(n1)oc1c(-c3nc(C)nc4c3ccc3c5ccccc5cc(C)c34)cccc12. The molecule has 0 aliphatic rings. The van der Waals surface area contributed by atoms with Gasteiger partial charge in [0.15, 0.2) is 0 Å². The predicted octanol–water partition coefficient (Wildman–Crippen LogP) is 7.82. The largest absolute Gasteiger partial charge is 0.437 e. The van der Waals surface area contributed by atoms with Crippen LogP contribution in [-0.2, 0) is 0 Å². The third-order valence-electron chi connectivity index (χ3n) is 6.76. The Hall–Kier alpha value is -4.31. The molecule has 7 aromatic rings. The van der Waals surface area contributed by atoms with E-state index in [9.17, 15) is 0 Å². The van der Waals surface area contributed by atoms with Gasteiger partial charge in [-0.2, -0.15) is 0 Å². The first-order valence-electron chi connectivity index (χ1n) is 11.5. The second-order valence-electron chi connectivity index (χ2n) is 9.01. The van der Waals surface area contributed by atoms with Gasteiger partial charge in [0.1, 0.15) is 11.4 Å². The third kappa shape index (κ3) is 2.62. The Labute approximate surface area is 195 Å². The van der Waals surface area contributed by atoms with Gasteiger partial charge in [0.2, 0.25) is 5.71 Å². The van der Waals surface area contributed by atoms with E-state index in [0.29, 0.717) is 5.71 Å². The molecule has 4 nitrogen and oxygen atoms in total. The number of benzene rings is 4. The van der Waals surface area contributed by atoms with Crippen LogP contribution in [0.25, 0.3) is 65.8 Å². The van der Waals surface area contributed by atoms with Crippen molar-refractivity contribution >= 4 is 54.5 Å². The number of nitrogens with zero attached hydrogens (tertiary/aromatic N) is 3. The lowest BCUT2D eigenvalue weighted by atomic mass is 9.94. The molecule has 0 bridgehead atoms. The Morgan fingerprint density at radius 2 is 1.44 bits per heavy atom. The van der Waals surface area contributed by atoms with Crippen LogP contribution in [0.4, 0.5) is 0 Å². The summed E-state index contributed by atoms with van der Waals surface area (Å²) in [6.45, 7) is 6.10. The van der Waals surface area contributed by atoms with E-state index in [4.69, 9.17) is 14.4 Å². The van der Waals surface area contributed by atoms with Gasteiger partial charge >= 0.3 is 0 Å². The number of aryl methyl sites for hydroxylation is 3. The van der Waals surface area contributed by atoms with Crippen molar-refractivity contribution in [3.8, 4) is 11.3 Å². The monoisotopic (exact) mass is 439 g/mol. The predicted molar refractivity (Wildman–Crippen MR) is 139 cm³/mol. The molecule has 0 saturated carbocycles. The van der Waals surface area contributed by atoms with Crippen LogP contribution in [0.5, 0.6) is 0 Å². The Morgan fingerprint density at radius 1 is 0.647 bits per heavy atom. The summed E-state index contributed by atoms with van der Waals surface area (Å²) in [5.74, 6) is 0.740. The number of furan rings is 1. The molecule has 3 aromatic heterocycles. The minimum atomic E-state index is 0.658. The van der Waals surface area contributed by atoms with Crippen LogP contribution in [0.3, 0.4) is 0 Å². The van der Waals surface area contributed by atoms with Crippen LogP contribution in [0.2, 0.25) is 0 Å². The van der Waals surface area contributed by atoms with Crippen molar-refractivity contribution in [2.24, 2.45) is 0 Å². The average molecular weight is 440 g/mol. The van der Waals surface area contributed by atoms with Crippen LogP contribution >= 0.6 is 0 Å². The summed E-state index contributed by atoms with van der Waals surface area (Å²) < 4.78 is 6.30. The summed E-state index contributed by atoms with van der Waals surface area (Å²) in [4.78, 5) is 14.5. The molecule has 0 unspecified atom stereocenters. The van der Waals surface area contributed by atoms with Gasteiger partial charge in [-0.15, -0.1) is 0 Å². The zero-order valence-corrected chi connectivity index (χ0v) is 19.2. The third-order valence-corrected chi connectivity index (χ3v) is 6.76. The van der Waals surface area contributed by atoms with Crippen LogP contribution in [0, 0.1) is 20.8 Å². The standard InChI is InChI=1S/C30H21N3O/c1-16-15-19-7-4-5-8-20(19)21-13-14-24-27(32-18(3)33-28(24)26(16)21)25-10-6-9-22-23-12-11-17(2)31-30(23)34-29(22)25/h4-15H,1-3H3. The fourth-order valence-electron chi connectivity index (χ4n) is 5.27. The topological polar surface area (TPSA) is 51.8 Å². The average Bonchev–Trinajstić information content (AvgIpc) is 3.20. The highest BCUT2D eigenvalue weighted by Gasteiger charge is 2.18. The van der Waals surface area contributed by atoms with Gasteiger partial charge in [0, 0.05) is 32.8 Å². The zero-order valence-electron chi connectivity index (χ0n) is 19.2. The van der Waals surface area contributed by atoms with Crippen LogP contribution < -0.4 is 0 Å². The molecule has 3 heterocycles. The number of hydrogen-bond donors (Lipinski definition) is 0. The van der Waals surface area contributed by atoms with E-state index >= 15 is 0 Å². The van der Waals surface area contributed by atoms with E-state index in [1.165, 1.54) is 27.1 Å². The van der Waals surface area contributed by atoms with Crippen LogP contribution in [0.15, 0.2) is 77.2 Å². The molecule has 4 aromatic carbocycles. The first-order valence-corrected chi connectivity index (χ1v) is 11.5. The van der Waals surface area contributed by atoms with E-state index < -0.39 is 0 Å². The Morgan fingerprint density at radius 3 is 2.35 bits per heavy atom. The molecule has 0 fully saturated rings. The number of para-hydroxylation sites is 1. The highest BCUT2D eigenvalue weighted by Crippen LogP contribution is 2.40. The molecule has 0 radical (unpaired) electrons. The number of hydrogen-bond acceptors (Lipinski definition) is 4. The van der Waals surface area contributed by atoms with Crippen molar-refractivity contribution in [1.29, 1.82) is 0 Å². The first-order chi connectivity index (χ1) is 16.6. The Kier molecular flexibility index (Phi) is 3.86. The van der Waals surface area contributed by atoms with E-state index in [0.717, 1.165) is 50.0 Å². The number of fused-ring (bicyclic) bond motifs is 8. The molecule has 0 spiro atoms. The van der Waals surface area contributed by atoms with Crippen LogP contribution in [-0.4, -0.2) is 15.0 Å². The molecule has 0 aliphatic heterocycles. The maximum absolute atomic E-state index is 6.30. The zero-order chi connectivity index (χ0) is 23.0. The van der Waals surface area contributed by atoms with Crippen LogP contribution in [0.1, 0.15) is 17.1 Å². The van der Waals surface area contributed by atoms with Crippen molar-refractivity contribution in [3.63, 3.8) is 0 Å². The molecule has 0 atom stereocenters. The lowest BCUT2D eigenvalue weighted by molar-refractivity contribution is 0.653.